The van der Waals surface area contributed by atoms with Crippen molar-refractivity contribution in [1.82, 2.24) is 9.88 Å². The summed E-state index contributed by atoms with van der Waals surface area (Å²) in [4.78, 5) is 18.3. The Morgan fingerprint density at radius 2 is 2.24 bits per heavy atom. The van der Waals surface area contributed by atoms with Gasteiger partial charge in [0.2, 0.25) is 5.91 Å². The van der Waals surface area contributed by atoms with Crippen LogP contribution in [-0.4, -0.2) is 34.1 Å². The number of rotatable bonds is 3. The number of hydrogen-bond acceptors (Lipinski definition) is 3. The molecule has 1 aromatic heterocycles. The van der Waals surface area contributed by atoms with Gasteiger partial charge in [0.15, 0.2) is 0 Å². The average Bonchev–Trinajstić information content (AvgIpc) is 2.84. The zero-order valence-corrected chi connectivity index (χ0v) is 12.1. The van der Waals surface area contributed by atoms with Gasteiger partial charge in [-0.1, -0.05) is 11.8 Å². The molecule has 1 aliphatic heterocycles. The molecule has 1 amide bonds. The van der Waals surface area contributed by atoms with E-state index in [0.717, 1.165) is 35.4 Å². The van der Waals surface area contributed by atoms with Crippen LogP contribution in [0.4, 0.5) is 0 Å². The van der Waals surface area contributed by atoms with Crippen LogP contribution >= 0.6 is 27.7 Å². The van der Waals surface area contributed by atoms with E-state index in [2.05, 4.69) is 20.9 Å². The average molecular weight is 315 g/mol. The number of nitrogens with zero attached hydrogens (tertiary/aromatic N) is 2. The molecular formula is C12H15BrN2OS. The summed E-state index contributed by atoms with van der Waals surface area (Å²) < 4.78 is 0.950. The second-order valence-corrected chi connectivity index (χ2v) is 6.27. The number of halogens is 1. The molecule has 0 bridgehead atoms. The smallest absolute Gasteiger partial charge is 0.235 e. The molecule has 92 valence electrons. The maximum atomic E-state index is 12.1. The first kappa shape index (κ1) is 12.9. The third-order valence-electron chi connectivity index (χ3n) is 2.78. The highest BCUT2D eigenvalue weighted by molar-refractivity contribution is 9.10. The van der Waals surface area contributed by atoms with Crippen molar-refractivity contribution in [2.45, 2.75) is 30.0 Å². The lowest BCUT2D eigenvalue weighted by atomic mass is 10.4. The molecule has 2 rings (SSSR count). The van der Waals surface area contributed by atoms with Gasteiger partial charge >= 0.3 is 0 Å². The molecule has 5 heteroatoms. The first-order valence-corrected chi connectivity index (χ1v) is 7.41. The number of aromatic nitrogens is 1. The highest BCUT2D eigenvalue weighted by atomic mass is 79.9. The van der Waals surface area contributed by atoms with Crippen molar-refractivity contribution in [1.29, 1.82) is 0 Å². The Labute approximate surface area is 114 Å². The Morgan fingerprint density at radius 1 is 1.53 bits per heavy atom. The quantitative estimate of drug-likeness (QED) is 0.804. The number of hydrogen-bond donors (Lipinski definition) is 0. The van der Waals surface area contributed by atoms with Gasteiger partial charge in [-0.25, -0.2) is 4.98 Å². The molecule has 0 N–H and O–H groups in total. The van der Waals surface area contributed by atoms with Gasteiger partial charge in [0.25, 0.3) is 0 Å². The Morgan fingerprint density at radius 3 is 2.88 bits per heavy atom. The standard InChI is InChI=1S/C12H15BrN2OS/c1-9(12(16)15-7-2-3-8-15)17-11-10(13)5-4-6-14-11/h4-6,9H,2-3,7-8H2,1H3/t9-/m1/s1. The van der Waals surface area contributed by atoms with Gasteiger partial charge in [-0.15, -0.1) is 0 Å². The van der Waals surface area contributed by atoms with Crippen LogP contribution in [0.3, 0.4) is 0 Å². The summed E-state index contributed by atoms with van der Waals surface area (Å²) in [5.74, 6) is 0.227. The first-order chi connectivity index (χ1) is 8.18. The number of thioether (sulfide) groups is 1. The molecule has 1 saturated heterocycles. The molecule has 0 aromatic carbocycles. The van der Waals surface area contributed by atoms with Gasteiger partial charge in [-0.05, 0) is 47.8 Å². The van der Waals surface area contributed by atoms with Crippen molar-refractivity contribution in [3.05, 3.63) is 22.8 Å². The molecule has 1 atom stereocenters. The van der Waals surface area contributed by atoms with Crippen LogP contribution < -0.4 is 0 Å². The minimum absolute atomic E-state index is 0.0701. The van der Waals surface area contributed by atoms with Gasteiger partial charge in [0, 0.05) is 23.8 Å². The van der Waals surface area contributed by atoms with Crippen LogP contribution in [-0.2, 0) is 4.79 Å². The second kappa shape index (κ2) is 5.87. The molecule has 17 heavy (non-hydrogen) atoms. The lowest BCUT2D eigenvalue weighted by Gasteiger charge is -2.19. The Kier molecular flexibility index (Phi) is 4.45. The lowest BCUT2D eigenvalue weighted by Crippen LogP contribution is -2.34. The van der Waals surface area contributed by atoms with Gasteiger partial charge in [-0.3, -0.25) is 4.79 Å². The van der Waals surface area contributed by atoms with E-state index in [4.69, 9.17) is 0 Å². The molecular weight excluding hydrogens is 300 g/mol. The SMILES string of the molecule is C[C@@H](Sc1ncccc1Br)C(=O)N1CCCC1. The van der Waals surface area contributed by atoms with Crippen LogP contribution in [0.15, 0.2) is 27.8 Å². The highest BCUT2D eigenvalue weighted by Gasteiger charge is 2.24. The molecule has 1 fully saturated rings. The maximum Gasteiger partial charge on any atom is 0.235 e. The molecule has 3 nitrogen and oxygen atoms in total. The fourth-order valence-electron chi connectivity index (χ4n) is 1.87. The van der Waals surface area contributed by atoms with E-state index in [1.54, 1.807) is 6.20 Å². The molecule has 0 spiro atoms. The number of carbonyl (C=O) groups is 1. The van der Waals surface area contributed by atoms with E-state index >= 15 is 0 Å². The molecule has 1 aromatic rings. The van der Waals surface area contributed by atoms with Crippen molar-refractivity contribution in [2.75, 3.05) is 13.1 Å². The summed E-state index contributed by atoms with van der Waals surface area (Å²) in [5.41, 5.74) is 0. The fraction of sp³-hybridized carbons (Fsp3) is 0.500. The van der Waals surface area contributed by atoms with Gasteiger partial charge in [0.1, 0.15) is 5.03 Å². The van der Waals surface area contributed by atoms with Gasteiger partial charge < -0.3 is 4.90 Å². The van der Waals surface area contributed by atoms with E-state index in [1.165, 1.54) is 11.8 Å². The fourth-order valence-corrected chi connectivity index (χ4v) is 3.29. The highest BCUT2D eigenvalue weighted by Crippen LogP contribution is 2.29. The van der Waals surface area contributed by atoms with Crippen molar-refractivity contribution < 1.29 is 4.79 Å². The van der Waals surface area contributed by atoms with Crippen molar-refractivity contribution >= 4 is 33.6 Å². The van der Waals surface area contributed by atoms with Crippen LogP contribution in [0.5, 0.6) is 0 Å². The molecule has 0 radical (unpaired) electrons. The summed E-state index contributed by atoms with van der Waals surface area (Å²) in [5, 5.41) is 0.812. The van der Waals surface area contributed by atoms with Crippen LogP contribution in [0, 0.1) is 0 Å². The summed E-state index contributed by atoms with van der Waals surface area (Å²) in [7, 11) is 0. The summed E-state index contributed by atoms with van der Waals surface area (Å²) in [6.07, 6.45) is 4.02. The lowest BCUT2D eigenvalue weighted by molar-refractivity contribution is -0.129. The van der Waals surface area contributed by atoms with Crippen molar-refractivity contribution in [2.24, 2.45) is 0 Å². The summed E-state index contributed by atoms with van der Waals surface area (Å²) in [6.45, 7) is 3.77. The maximum absolute atomic E-state index is 12.1. The Balaban J connectivity index is 1.99. The zero-order chi connectivity index (χ0) is 12.3. The molecule has 0 saturated carbocycles. The summed E-state index contributed by atoms with van der Waals surface area (Å²) in [6, 6.07) is 3.82. The van der Waals surface area contributed by atoms with Crippen molar-refractivity contribution in [3.63, 3.8) is 0 Å². The second-order valence-electron chi connectivity index (χ2n) is 4.08. The molecule has 0 aliphatic carbocycles. The number of pyridine rings is 1. The van der Waals surface area contributed by atoms with E-state index in [9.17, 15) is 4.79 Å². The van der Waals surface area contributed by atoms with E-state index < -0.39 is 0 Å². The van der Waals surface area contributed by atoms with Crippen LogP contribution in [0.25, 0.3) is 0 Å². The normalized spacial score (nSPS) is 17.2. The third kappa shape index (κ3) is 3.22. The largest absolute Gasteiger partial charge is 0.342 e. The predicted molar refractivity (Wildman–Crippen MR) is 73.1 cm³/mol. The minimum Gasteiger partial charge on any atom is -0.342 e. The first-order valence-electron chi connectivity index (χ1n) is 5.74. The van der Waals surface area contributed by atoms with Crippen LogP contribution in [0.2, 0.25) is 0 Å². The monoisotopic (exact) mass is 314 g/mol. The number of amides is 1. The third-order valence-corrected chi connectivity index (χ3v) is 4.78. The van der Waals surface area contributed by atoms with Crippen molar-refractivity contribution in [3.8, 4) is 0 Å². The van der Waals surface area contributed by atoms with E-state index in [0.29, 0.717) is 0 Å². The minimum atomic E-state index is -0.0701. The number of carbonyl (C=O) groups excluding carboxylic acids is 1. The van der Waals surface area contributed by atoms with Gasteiger partial charge in [0.05, 0.1) is 5.25 Å². The Hall–Kier alpha value is -0.550. The van der Waals surface area contributed by atoms with Gasteiger partial charge in [-0.2, -0.15) is 0 Å². The molecule has 2 heterocycles. The summed E-state index contributed by atoms with van der Waals surface area (Å²) >= 11 is 4.97. The Bertz CT molecular complexity index is 407. The van der Waals surface area contributed by atoms with Crippen LogP contribution in [0.1, 0.15) is 19.8 Å². The van der Waals surface area contributed by atoms with E-state index in [-0.39, 0.29) is 11.2 Å². The predicted octanol–water partition coefficient (Wildman–Crippen LogP) is 2.95. The zero-order valence-electron chi connectivity index (χ0n) is 9.73. The molecule has 1 aliphatic rings. The van der Waals surface area contributed by atoms with E-state index in [1.807, 2.05) is 24.0 Å². The number of likely N-dealkylation sites (tertiary alicyclic amines) is 1. The topological polar surface area (TPSA) is 33.2 Å². The molecule has 0 unspecified atom stereocenters.